The van der Waals surface area contributed by atoms with E-state index in [-0.39, 0.29) is 17.1 Å². The van der Waals surface area contributed by atoms with Crippen LogP contribution in [0, 0.1) is 5.82 Å². The third-order valence-corrected chi connectivity index (χ3v) is 5.66. The first-order valence-corrected chi connectivity index (χ1v) is 8.60. The van der Waals surface area contributed by atoms with Gasteiger partial charge in [0, 0.05) is 17.5 Å². The molecule has 0 unspecified atom stereocenters. The summed E-state index contributed by atoms with van der Waals surface area (Å²) in [5.74, 6) is -0.343. The van der Waals surface area contributed by atoms with Crippen molar-refractivity contribution in [2.24, 2.45) is 0 Å². The Kier molecular flexibility index (Phi) is 2.98. The number of aromatic nitrogens is 3. The Hall–Kier alpha value is -2.76. The van der Waals surface area contributed by atoms with Gasteiger partial charge in [0.25, 0.3) is 5.91 Å². The molecular formula is C19H17FN4O. The zero-order valence-electron chi connectivity index (χ0n) is 13.6. The minimum Gasteiger partial charge on any atom is -0.307 e. The second kappa shape index (κ2) is 5.12. The van der Waals surface area contributed by atoms with Crippen LogP contribution in [0.5, 0.6) is 0 Å². The average Bonchev–Trinajstić information content (AvgIpc) is 3.34. The molecule has 0 atom stereocenters. The lowest BCUT2D eigenvalue weighted by Crippen LogP contribution is -2.35. The van der Waals surface area contributed by atoms with E-state index in [1.165, 1.54) is 6.07 Å². The average molecular weight is 336 g/mol. The standard InChI is InChI=1S/C19H17FN4O/c20-13-6-4-8-15-16(13)19(9-1-2-10-19)11-24(15)18(25)12-5-3-7-14-17(12)22-23-21-14/h3-8H,1-2,9-11H2,(H,21,22,23). The Morgan fingerprint density at radius 1 is 1.12 bits per heavy atom. The van der Waals surface area contributed by atoms with E-state index in [2.05, 4.69) is 15.4 Å². The van der Waals surface area contributed by atoms with E-state index in [0.717, 1.165) is 25.7 Å². The van der Waals surface area contributed by atoms with E-state index in [0.29, 0.717) is 34.4 Å². The molecule has 1 aliphatic heterocycles. The van der Waals surface area contributed by atoms with Crippen molar-refractivity contribution in [1.29, 1.82) is 0 Å². The summed E-state index contributed by atoms with van der Waals surface area (Å²) in [4.78, 5) is 15.0. The number of hydrogen-bond acceptors (Lipinski definition) is 3. The molecule has 126 valence electrons. The van der Waals surface area contributed by atoms with Gasteiger partial charge in [-0.3, -0.25) is 4.79 Å². The molecule has 1 spiro atoms. The first-order valence-electron chi connectivity index (χ1n) is 8.60. The van der Waals surface area contributed by atoms with Gasteiger partial charge in [0.1, 0.15) is 16.9 Å². The lowest BCUT2D eigenvalue weighted by molar-refractivity contribution is 0.0986. The van der Waals surface area contributed by atoms with Crippen LogP contribution in [0.2, 0.25) is 0 Å². The van der Waals surface area contributed by atoms with Gasteiger partial charge in [-0.15, -0.1) is 0 Å². The van der Waals surface area contributed by atoms with Crippen LogP contribution in [0.15, 0.2) is 36.4 Å². The minimum absolute atomic E-state index is 0.143. The molecule has 1 aromatic heterocycles. The molecule has 1 aliphatic carbocycles. The number of benzene rings is 2. The van der Waals surface area contributed by atoms with E-state index in [1.54, 1.807) is 23.1 Å². The summed E-state index contributed by atoms with van der Waals surface area (Å²) >= 11 is 0. The first-order chi connectivity index (χ1) is 12.2. The summed E-state index contributed by atoms with van der Waals surface area (Å²) in [6.45, 7) is 0.538. The van der Waals surface area contributed by atoms with Gasteiger partial charge in [0.15, 0.2) is 0 Å². The van der Waals surface area contributed by atoms with Crippen molar-refractivity contribution in [3.05, 3.63) is 53.3 Å². The third-order valence-electron chi connectivity index (χ3n) is 5.66. The van der Waals surface area contributed by atoms with Crippen LogP contribution < -0.4 is 4.90 Å². The fourth-order valence-electron chi connectivity index (χ4n) is 4.56. The summed E-state index contributed by atoms with van der Waals surface area (Å²) in [5.41, 5.74) is 2.88. The number of anilines is 1. The van der Waals surface area contributed by atoms with E-state index >= 15 is 0 Å². The quantitative estimate of drug-likeness (QED) is 0.739. The number of hydrogen-bond donors (Lipinski definition) is 1. The number of carbonyl (C=O) groups is 1. The second-order valence-electron chi connectivity index (χ2n) is 7.01. The largest absolute Gasteiger partial charge is 0.307 e. The van der Waals surface area contributed by atoms with Crippen LogP contribution in [0.25, 0.3) is 11.0 Å². The van der Waals surface area contributed by atoms with Gasteiger partial charge in [0.2, 0.25) is 0 Å². The first kappa shape index (κ1) is 14.6. The van der Waals surface area contributed by atoms with Crippen molar-refractivity contribution in [1.82, 2.24) is 15.4 Å². The molecule has 5 rings (SSSR count). The van der Waals surface area contributed by atoms with Crippen molar-refractivity contribution < 1.29 is 9.18 Å². The highest BCUT2D eigenvalue weighted by Gasteiger charge is 2.48. The molecule has 2 aromatic carbocycles. The molecule has 2 aliphatic rings. The predicted molar refractivity (Wildman–Crippen MR) is 92.1 cm³/mol. The number of halogens is 1. The maximum Gasteiger partial charge on any atom is 0.260 e. The Labute approximate surface area is 143 Å². The van der Waals surface area contributed by atoms with Gasteiger partial charge in [-0.1, -0.05) is 25.0 Å². The molecule has 0 bridgehead atoms. The Balaban J connectivity index is 1.65. The van der Waals surface area contributed by atoms with Gasteiger partial charge in [-0.2, -0.15) is 15.4 Å². The van der Waals surface area contributed by atoms with Crippen LogP contribution in [0.3, 0.4) is 0 Å². The van der Waals surface area contributed by atoms with Crippen molar-refractivity contribution in [3.8, 4) is 0 Å². The SMILES string of the molecule is O=C(c1cccc2n[nH]nc12)N1CC2(CCCC2)c2c(F)cccc21. The van der Waals surface area contributed by atoms with Crippen LogP contribution in [-0.4, -0.2) is 27.9 Å². The molecule has 1 fully saturated rings. The summed E-state index contributed by atoms with van der Waals surface area (Å²) in [6.07, 6.45) is 4.01. The van der Waals surface area contributed by atoms with Crippen molar-refractivity contribution in [2.75, 3.05) is 11.4 Å². The minimum atomic E-state index is -0.242. The third kappa shape index (κ3) is 1.97. The van der Waals surface area contributed by atoms with Crippen molar-refractivity contribution in [2.45, 2.75) is 31.1 Å². The predicted octanol–water partition coefficient (Wildman–Crippen LogP) is 3.57. The van der Waals surface area contributed by atoms with Gasteiger partial charge in [-0.25, -0.2) is 4.39 Å². The smallest absolute Gasteiger partial charge is 0.260 e. The zero-order valence-corrected chi connectivity index (χ0v) is 13.6. The lowest BCUT2D eigenvalue weighted by atomic mass is 9.80. The van der Waals surface area contributed by atoms with Crippen LogP contribution >= 0.6 is 0 Å². The Morgan fingerprint density at radius 3 is 2.76 bits per heavy atom. The number of fused-ring (bicyclic) bond motifs is 3. The molecule has 5 nitrogen and oxygen atoms in total. The number of carbonyl (C=O) groups excluding carboxylic acids is 1. The maximum atomic E-state index is 14.7. The maximum absolute atomic E-state index is 14.7. The van der Waals surface area contributed by atoms with Crippen LogP contribution in [0.1, 0.15) is 41.6 Å². The summed E-state index contributed by atoms with van der Waals surface area (Å²) in [5, 5.41) is 10.7. The topological polar surface area (TPSA) is 61.9 Å². The zero-order chi connectivity index (χ0) is 17.0. The number of amides is 1. The number of para-hydroxylation sites is 1. The lowest BCUT2D eigenvalue weighted by Gasteiger charge is -2.25. The van der Waals surface area contributed by atoms with Crippen LogP contribution in [-0.2, 0) is 5.41 Å². The highest BCUT2D eigenvalue weighted by Crippen LogP contribution is 2.51. The van der Waals surface area contributed by atoms with Crippen molar-refractivity contribution >= 4 is 22.6 Å². The fraction of sp³-hybridized carbons (Fsp3) is 0.316. The molecule has 1 amide bonds. The van der Waals surface area contributed by atoms with Gasteiger partial charge >= 0.3 is 0 Å². The molecule has 1 saturated carbocycles. The van der Waals surface area contributed by atoms with E-state index in [4.69, 9.17) is 0 Å². The molecule has 6 heteroatoms. The number of aromatic amines is 1. The van der Waals surface area contributed by atoms with Crippen molar-refractivity contribution in [3.63, 3.8) is 0 Å². The summed E-state index contributed by atoms with van der Waals surface area (Å²) in [6, 6.07) is 10.4. The van der Waals surface area contributed by atoms with Gasteiger partial charge in [-0.05, 0) is 37.1 Å². The molecule has 0 saturated heterocycles. The van der Waals surface area contributed by atoms with Crippen LogP contribution in [0.4, 0.5) is 10.1 Å². The molecule has 2 heterocycles. The fourth-order valence-corrected chi connectivity index (χ4v) is 4.56. The Morgan fingerprint density at radius 2 is 1.92 bits per heavy atom. The number of rotatable bonds is 1. The molecule has 0 radical (unpaired) electrons. The molecule has 25 heavy (non-hydrogen) atoms. The highest BCUT2D eigenvalue weighted by molar-refractivity contribution is 6.13. The Bertz CT molecular complexity index is 990. The van der Waals surface area contributed by atoms with E-state index in [1.807, 2.05) is 12.1 Å². The van der Waals surface area contributed by atoms with Gasteiger partial charge < -0.3 is 4.90 Å². The number of nitrogens with one attached hydrogen (secondary N) is 1. The van der Waals surface area contributed by atoms with Gasteiger partial charge in [0.05, 0.1) is 11.3 Å². The summed E-state index contributed by atoms with van der Waals surface area (Å²) < 4.78 is 14.7. The monoisotopic (exact) mass is 336 g/mol. The highest BCUT2D eigenvalue weighted by atomic mass is 19.1. The van der Waals surface area contributed by atoms with E-state index in [9.17, 15) is 9.18 Å². The number of nitrogens with zero attached hydrogens (tertiary/aromatic N) is 3. The summed E-state index contributed by atoms with van der Waals surface area (Å²) in [7, 11) is 0. The molecule has 1 N–H and O–H groups in total. The molecule has 3 aromatic rings. The normalized spacial score (nSPS) is 18.2. The number of H-pyrrole nitrogens is 1. The van der Waals surface area contributed by atoms with E-state index < -0.39 is 0 Å². The molecular weight excluding hydrogens is 319 g/mol. The second-order valence-corrected chi connectivity index (χ2v) is 7.01.